The van der Waals surface area contributed by atoms with Gasteiger partial charge in [0.05, 0.1) is 23.2 Å². The molecule has 0 radical (unpaired) electrons. The van der Waals surface area contributed by atoms with Gasteiger partial charge >= 0.3 is 0 Å². The summed E-state index contributed by atoms with van der Waals surface area (Å²) in [5, 5.41) is 9.56. The molecular formula is C13H16N4O3. The third-order valence-electron chi connectivity index (χ3n) is 2.77. The second-order valence-corrected chi connectivity index (χ2v) is 4.40. The van der Waals surface area contributed by atoms with Crippen LogP contribution in [-0.4, -0.2) is 35.0 Å². The lowest BCUT2D eigenvalue weighted by atomic mass is 10.1. The molecule has 106 valence electrons. The third kappa shape index (κ3) is 2.76. The Morgan fingerprint density at radius 2 is 2.05 bits per heavy atom. The number of amides is 2. The van der Waals surface area contributed by atoms with Crippen LogP contribution in [0.3, 0.4) is 0 Å². The summed E-state index contributed by atoms with van der Waals surface area (Å²) in [5.74, 6) is -0.581. The van der Waals surface area contributed by atoms with Crippen LogP contribution in [0.25, 0.3) is 11.1 Å². The van der Waals surface area contributed by atoms with Crippen molar-refractivity contribution < 1.29 is 14.1 Å². The highest BCUT2D eigenvalue weighted by molar-refractivity contribution is 6.06. The van der Waals surface area contributed by atoms with Gasteiger partial charge < -0.3 is 15.2 Å². The zero-order chi connectivity index (χ0) is 14.7. The van der Waals surface area contributed by atoms with Gasteiger partial charge in [0.2, 0.25) is 5.91 Å². The summed E-state index contributed by atoms with van der Waals surface area (Å²) < 4.78 is 5.06. The Bertz CT molecular complexity index is 663. The average molecular weight is 276 g/mol. The summed E-state index contributed by atoms with van der Waals surface area (Å²) in [6, 6.07) is 1.65. The zero-order valence-electron chi connectivity index (χ0n) is 11.6. The monoisotopic (exact) mass is 276 g/mol. The predicted molar refractivity (Wildman–Crippen MR) is 72.3 cm³/mol. The fourth-order valence-corrected chi connectivity index (χ4v) is 1.91. The molecule has 2 rings (SSSR count). The third-order valence-corrected chi connectivity index (χ3v) is 2.77. The van der Waals surface area contributed by atoms with Gasteiger partial charge in [0.15, 0.2) is 0 Å². The molecule has 0 aromatic carbocycles. The van der Waals surface area contributed by atoms with E-state index < -0.39 is 0 Å². The second-order valence-electron chi connectivity index (χ2n) is 4.40. The minimum absolute atomic E-state index is 0.0696. The molecule has 0 atom stereocenters. The van der Waals surface area contributed by atoms with Crippen LogP contribution in [0, 0.1) is 13.8 Å². The molecule has 0 fully saturated rings. The van der Waals surface area contributed by atoms with Gasteiger partial charge in [0.25, 0.3) is 11.6 Å². The van der Waals surface area contributed by atoms with E-state index in [0.29, 0.717) is 34.6 Å². The van der Waals surface area contributed by atoms with Gasteiger partial charge in [-0.15, -0.1) is 0 Å². The topological polar surface area (TPSA) is 97.1 Å². The highest BCUT2D eigenvalue weighted by Crippen LogP contribution is 2.21. The number of rotatable bonds is 4. The summed E-state index contributed by atoms with van der Waals surface area (Å²) in [5.41, 5.74) is 1.98. The maximum absolute atomic E-state index is 12.2. The van der Waals surface area contributed by atoms with Gasteiger partial charge in [-0.25, -0.2) is 4.98 Å². The van der Waals surface area contributed by atoms with Gasteiger partial charge in [0, 0.05) is 12.2 Å². The number of aryl methyl sites for hydroxylation is 2. The first kappa shape index (κ1) is 14.0. The van der Waals surface area contributed by atoms with Crippen LogP contribution in [0.2, 0.25) is 0 Å². The number of likely N-dealkylation sites (N-methyl/N-ethyl adjacent to an activating group) is 1. The molecule has 7 nitrogen and oxygen atoms in total. The average Bonchev–Trinajstić information content (AvgIpc) is 2.77. The van der Waals surface area contributed by atoms with E-state index in [9.17, 15) is 9.59 Å². The van der Waals surface area contributed by atoms with E-state index in [1.54, 1.807) is 19.9 Å². The largest absolute Gasteiger partial charge is 0.355 e. The fraction of sp³-hybridized carbons (Fsp3) is 0.385. The van der Waals surface area contributed by atoms with Crippen LogP contribution in [0.4, 0.5) is 0 Å². The van der Waals surface area contributed by atoms with Crippen molar-refractivity contribution in [1.29, 1.82) is 0 Å². The molecule has 2 amide bonds. The van der Waals surface area contributed by atoms with E-state index in [1.165, 1.54) is 0 Å². The van der Waals surface area contributed by atoms with Crippen LogP contribution >= 0.6 is 0 Å². The predicted octanol–water partition coefficient (Wildman–Crippen LogP) is 0.706. The first-order chi connectivity index (χ1) is 9.52. The number of carbonyl (C=O) groups excluding carboxylic acids is 2. The molecule has 0 aliphatic heterocycles. The Labute approximate surface area is 115 Å². The van der Waals surface area contributed by atoms with E-state index >= 15 is 0 Å². The lowest BCUT2D eigenvalue weighted by molar-refractivity contribution is -0.120. The summed E-state index contributed by atoms with van der Waals surface area (Å²) in [4.78, 5) is 27.7. The van der Waals surface area contributed by atoms with Crippen molar-refractivity contribution in [3.05, 3.63) is 23.0 Å². The van der Waals surface area contributed by atoms with Crippen molar-refractivity contribution in [1.82, 2.24) is 20.8 Å². The first-order valence-corrected chi connectivity index (χ1v) is 6.31. The molecule has 0 saturated carbocycles. The molecule has 2 N–H and O–H groups in total. The molecular weight excluding hydrogens is 260 g/mol. The number of pyridine rings is 1. The van der Waals surface area contributed by atoms with Crippen molar-refractivity contribution in [3.63, 3.8) is 0 Å². The number of nitrogens with one attached hydrogen (secondary N) is 2. The summed E-state index contributed by atoms with van der Waals surface area (Å²) in [6.07, 6.45) is 0. The molecule has 0 unspecified atom stereocenters. The Morgan fingerprint density at radius 1 is 1.30 bits per heavy atom. The van der Waals surface area contributed by atoms with Crippen LogP contribution in [0.5, 0.6) is 0 Å². The second kappa shape index (κ2) is 5.68. The van der Waals surface area contributed by atoms with Gasteiger partial charge in [-0.3, -0.25) is 9.59 Å². The molecule has 0 spiro atoms. The number of hydrogen-bond acceptors (Lipinski definition) is 5. The van der Waals surface area contributed by atoms with E-state index in [2.05, 4.69) is 20.8 Å². The summed E-state index contributed by atoms with van der Waals surface area (Å²) >= 11 is 0. The van der Waals surface area contributed by atoms with E-state index in [1.807, 2.05) is 6.92 Å². The zero-order valence-corrected chi connectivity index (χ0v) is 11.6. The molecule has 0 saturated heterocycles. The van der Waals surface area contributed by atoms with Crippen LogP contribution in [-0.2, 0) is 4.79 Å². The Morgan fingerprint density at radius 3 is 2.75 bits per heavy atom. The molecule has 7 heteroatoms. The highest BCUT2D eigenvalue weighted by Gasteiger charge is 2.18. The van der Waals surface area contributed by atoms with Crippen molar-refractivity contribution in [2.45, 2.75) is 20.8 Å². The van der Waals surface area contributed by atoms with Crippen LogP contribution in [0.15, 0.2) is 10.6 Å². The van der Waals surface area contributed by atoms with Crippen molar-refractivity contribution in [3.8, 4) is 0 Å². The number of hydrogen-bond donors (Lipinski definition) is 2. The summed E-state index contributed by atoms with van der Waals surface area (Å²) in [6.45, 7) is 5.77. The Balaban J connectivity index is 2.25. The molecule has 0 aliphatic rings. The molecule has 2 aromatic heterocycles. The Hall–Kier alpha value is -2.44. The standard InChI is InChI=1S/C13H16N4O3/c1-4-14-10(18)6-15-12(19)9-5-7(2)16-13-11(9)8(3)17-20-13/h5H,4,6H2,1-3H3,(H,14,18)(H,15,19). The minimum atomic E-state index is -0.349. The Kier molecular flexibility index (Phi) is 3.97. The smallest absolute Gasteiger partial charge is 0.258 e. The van der Waals surface area contributed by atoms with Crippen LogP contribution in [0.1, 0.15) is 28.7 Å². The molecule has 2 aromatic rings. The number of carbonyl (C=O) groups is 2. The lowest BCUT2D eigenvalue weighted by Gasteiger charge is -2.06. The first-order valence-electron chi connectivity index (χ1n) is 6.31. The SMILES string of the molecule is CCNC(=O)CNC(=O)c1cc(C)nc2onc(C)c12. The van der Waals surface area contributed by atoms with E-state index in [0.717, 1.165) is 0 Å². The lowest BCUT2D eigenvalue weighted by Crippen LogP contribution is -2.36. The van der Waals surface area contributed by atoms with Crippen LogP contribution < -0.4 is 10.6 Å². The number of aromatic nitrogens is 2. The van der Waals surface area contributed by atoms with Crippen molar-refractivity contribution >= 4 is 22.9 Å². The maximum Gasteiger partial charge on any atom is 0.258 e. The van der Waals surface area contributed by atoms with E-state index in [-0.39, 0.29) is 18.4 Å². The van der Waals surface area contributed by atoms with Gasteiger partial charge in [-0.05, 0) is 26.8 Å². The van der Waals surface area contributed by atoms with E-state index in [4.69, 9.17) is 4.52 Å². The summed E-state index contributed by atoms with van der Waals surface area (Å²) in [7, 11) is 0. The van der Waals surface area contributed by atoms with Crippen molar-refractivity contribution in [2.75, 3.05) is 13.1 Å². The minimum Gasteiger partial charge on any atom is -0.355 e. The molecule has 2 heterocycles. The maximum atomic E-state index is 12.2. The molecule has 20 heavy (non-hydrogen) atoms. The molecule has 0 bridgehead atoms. The van der Waals surface area contributed by atoms with Crippen molar-refractivity contribution in [2.24, 2.45) is 0 Å². The fourth-order valence-electron chi connectivity index (χ4n) is 1.91. The number of nitrogens with zero attached hydrogens (tertiary/aromatic N) is 2. The van der Waals surface area contributed by atoms with Gasteiger partial charge in [-0.2, -0.15) is 0 Å². The van der Waals surface area contributed by atoms with Gasteiger partial charge in [0.1, 0.15) is 0 Å². The molecule has 0 aliphatic carbocycles. The van der Waals surface area contributed by atoms with Gasteiger partial charge in [-0.1, -0.05) is 5.16 Å². The quantitative estimate of drug-likeness (QED) is 0.857. The normalized spacial score (nSPS) is 10.6. The highest BCUT2D eigenvalue weighted by atomic mass is 16.5. The number of fused-ring (bicyclic) bond motifs is 1.